The quantitative estimate of drug-likeness (QED) is 0.488. The van der Waals surface area contributed by atoms with E-state index in [0.29, 0.717) is 28.8 Å². The third-order valence-electron chi connectivity index (χ3n) is 3.22. The average molecular weight is 360 g/mol. The smallest absolute Gasteiger partial charge is 0.329 e. The van der Waals surface area contributed by atoms with Gasteiger partial charge in [0.1, 0.15) is 5.75 Å². The molecular weight excluding hydrogens is 342 g/mol. The van der Waals surface area contributed by atoms with Crippen LogP contribution in [0.4, 0.5) is 5.69 Å². The molecule has 0 fully saturated rings. The molecule has 0 aliphatic rings. The predicted octanol–water partition coefficient (Wildman–Crippen LogP) is 3.22. The number of halogens is 1. The Labute approximate surface area is 150 Å². The molecule has 2 aromatic rings. The molecule has 0 spiro atoms. The van der Waals surface area contributed by atoms with E-state index in [4.69, 9.17) is 16.3 Å². The molecular formula is C18H18ClN3O3. The number of anilines is 1. The third kappa shape index (κ3) is 5.61. The summed E-state index contributed by atoms with van der Waals surface area (Å²) in [5.74, 6) is -0.979. The minimum Gasteiger partial charge on any atom is -0.494 e. The van der Waals surface area contributed by atoms with Crippen LogP contribution in [0.3, 0.4) is 0 Å². The molecule has 2 rings (SSSR count). The normalized spacial score (nSPS) is 10.9. The zero-order valence-electron chi connectivity index (χ0n) is 13.9. The average Bonchev–Trinajstić information content (AvgIpc) is 2.61. The number of benzene rings is 2. The van der Waals surface area contributed by atoms with E-state index < -0.39 is 11.8 Å². The molecule has 0 unspecified atom stereocenters. The summed E-state index contributed by atoms with van der Waals surface area (Å²) in [6.07, 6.45) is 0. The van der Waals surface area contributed by atoms with Gasteiger partial charge in [0, 0.05) is 10.7 Å². The second kappa shape index (κ2) is 8.84. The lowest BCUT2D eigenvalue weighted by atomic mass is 10.1. The predicted molar refractivity (Wildman–Crippen MR) is 98.0 cm³/mol. The first-order valence-electron chi connectivity index (χ1n) is 7.64. The first-order valence-corrected chi connectivity index (χ1v) is 8.02. The lowest BCUT2D eigenvalue weighted by Crippen LogP contribution is -2.32. The van der Waals surface area contributed by atoms with Gasteiger partial charge in [-0.2, -0.15) is 5.10 Å². The number of amides is 2. The minimum absolute atomic E-state index is 0.488. The van der Waals surface area contributed by atoms with E-state index in [1.54, 1.807) is 55.5 Å². The highest BCUT2D eigenvalue weighted by Gasteiger charge is 2.13. The summed E-state index contributed by atoms with van der Waals surface area (Å²) in [4.78, 5) is 23.7. The van der Waals surface area contributed by atoms with Crippen LogP contribution in [0.5, 0.6) is 5.75 Å². The van der Waals surface area contributed by atoms with Gasteiger partial charge >= 0.3 is 11.8 Å². The Hall–Kier alpha value is -2.86. The van der Waals surface area contributed by atoms with Crippen LogP contribution in [0.25, 0.3) is 0 Å². The fourth-order valence-corrected chi connectivity index (χ4v) is 2.06. The van der Waals surface area contributed by atoms with Crippen molar-refractivity contribution in [2.24, 2.45) is 5.10 Å². The van der Waals surface area contributed by atoms with Crippen molar-refractivity contribution in [3.05, 3.63) is 59.1 Å². The summed E-state index contributed by atoms with van der Waals surface area (Å²) in [5, 5.41) is 7.01. The van der Waals surface area contributed by atoms with Crippen molar-refractivity contribution in [3.8, 4) is 5.75 Å². The van der Waals surface area contributed by atoms with Crippen LogP contribution in [0, 0.1) is 0 Å². The molecule has 0 heterocycles. The van der Waals surface area contributed by atoms with Gasteiger partial charge in [-0.05, 0) is 55.8 Å². The van der Waals surface area contributed by atoms with E-state index in [1.165, 1.54) is 0 Å². The molecule has 0 atom stereocenters. The zero-order valence-corrected chi connectivity index (χ0v) is 14.6. The Morgan fingerprint density at radius 3 is 2.28 bits per heavy atom. The number of nitrogens with one attached hydrogen (secondary N) is 2. The molecule has 130 valence electrons. The minimum atomic E-state index is -0.859. The molecule has 2 N–H and O–H groups in total. The number of hydrogen-bond acceptors (Lipinski definition) is 4. The Morgan fingerprint density at radius 1 is 1.04 bits per heavy atom. The van der Waals surface area contributed by atoms with Crippen LogP contribution in [0.15, 0.2) is 53.6 Å². The number of ether oxygens (including phenoxy) is 1. The lowest BCUT2D eigenvalue weighted by molar-refractivity contribution is -0.136. The second-order valence-corrected chi connectivity index (χ2v) is 5.49. The molecule has 0 saturated heterocycles. The maximum Gasteiger partial charge on any atom is 0.329 e. The van der Waals surface area contributed by atoms with Crippen LogP contribution < -0.4 is 15.5 Å². The van der Waals surface area contributed by atoms with Crippen LogP contribution in [-0.4, -0.2) is 24.1 Å². The van der Waals surface area contributed by atoms with E-state index in [9.17, 15) is 9.59 Å². The lowest BCUT2D eigenvalue weighted by Gasteiger charge is -2.07. The maximum atomic E-state index is 11.9. The van der Waals surface area contributed by atoms with Gasteiger partial charge in [0.25, 0.3) is 0 Å². The second-order valence-electron chi connectivity index (χ2n) is 5.06. The number of carbonyl (C=O) groups excluding carboxylic acids is 2. The summed E-state index contributed by atoms with van der Waals surface area (Å²) in [6, 6.07) is 13.7. The van der Waals surface area contributed by atoms with Gasteiger partial charge in [-0.1, -0.05) is 23.7 Å². The summed E-state index contributed by atoms with van der Waals surface area (Å²) < 4.78 is 5.31. The molecule has 6 nitrogen and oxygen atoms in total. The van der Waals surface area contributed by atoms with Crippen molar-refractivity contribution in [2.75, 3.05) is 11.9 Å². The first-order chi connectivity index (χ1) is 12.0. The van der Waals surface area contributed by atoms with Crippen LogP contribution in [0.1, 0.15) is 19.4 Å². The monoisotopic (exact) mass is 359 g/mol. The van der Waals surface area contributed by atoms with Gasteiger partial charge < -0.3 is 10.1 Å². The molecule has 25 heavy (non-hydrogen) atoms. The van der Waals surface area contributed by atoms with Gasteiger partial charge in [0.05, 0.1) is 12.3 Å². The SMILES string of the molecule is CCOc1ccc(NC(=O)C(=O)N/N=C(\C)c2ccc(Cl)cc2)cc1. The van der Waals surface area contributed by atoms with Crippen LogP contribution >= 0.6 is 11.6 Å². The largest absolute Gasteiger partial charge is 0.494 e. The van der Waals surface area contributed by atoms with E-state index in [0.717, 1.165) is 5.56 Å². The van der Waals surface area contributed by atoms with E-state index in [-0.39, 0.29) is 0 Å². The molecule has 0 bridgehead atoms. The highest BCUT2D eigenvalue weighted by atomic mass is 35.5. The van der Waals surface area contributed by atoms with Crippen molar-refractivity contribution >= 4 is 34.8 Å². The summed E-state index contributed by atoms with van der Waals surface area (Å²) >= 11 is 5.82. The number of hydrogen-bond donors (Lipinski definition) is 2. The van der Waals surface area contributed by atoms with E-state index in [1.807, 2.05) is 6.92 Å². The van der Waals surface area contributed by atoms with Gasteiger partial charge in [0.15, 0.2) is 0 Å². The number of rotatable bonds is 5. The fourth-order valence-electron chi connectivity index (χ4n) is 1.93. The molecule has 2 aromatic carbocycles. The molecule has 7 heteroatoms. The van der Waals surface area contributed by atoms with Crippen molar-refractivity contribution in [1.29, 1.82) is 0 Å². The van der Waals surface area contributed by atoms with Crippen LogP contribution in [-0.2, 0) is 9.59 Å². The maximum absolute atomic E-state index is 11.9. The first kappa shape index (κ1) is 18.5. The highest BCUT2D eigenvalue weighted by Crippen LogP contribution is 2.15. The Balaban J connectivity index is 1.92. The van der Waals surface area contributed by atoms with Crippen molar-refractivity contribution in [2.45, 2.75) is 13.8 Å². The zero-order chi connectivity index (χ0) is 18.2. The molecule has 0 saturated carbocycles. The van der Waals surface area contributed by atoms with Crippen LogP contribution in [0.2, 0.25) is 5.02 Å². The topological polar surface area (TPSA) is 79.8 Å². The molecule has 0 aromatic heterocycles. The van der Waals surface area contributed by atoms with Gasteiger partial charge in [-0.3, -0.25) is 9.59 Å². The van der Waals surface area contributed by atoms with Gasteiger partial charge in [-0.25, -0.2) is 5.43 Å². The fraction of sp³-hybridized carbons (Fsp3) is 0.167. The number of hydrazone groups is 1. The molecule has 0 radical (unpaired) electrons. The molecule has 0 aliphatic carbocycles. The Morgan fingerprint density at radius 2 is 1.68 bits per heavy atom. The van der Waals surface area contributed by atoms with Crippen molar-refractivity contribution in [1.82, 2.24) is 5.43 Å². The van der Waals surface area contributed by atoms with Gasteiger partial charge in [0.2, 0.25) is 0 Å². The van der Waals surface area contributed by atoms with Crippen molar-refractivity contribution in [3.63, 3.8) is 0 Å². The number of carbonyl (C=O) groups is 2. The summed E-state index contributed by atoms with van der Waals surface area (Å²) in [5.41, 5.74) is 4.06. The highest BCUT2D eigenvalue weighted by molar-refractivity contribution is 6.39. The summed E-state index contributed by atoms with van der Waals surface area (Å²) in [7, 11) is 0. The van der Waals surface area contributed by atoms with Gasteiger partial charge in [-0.15, -0.1) is 0 Å². The summed E-state index contributed by atoms with van der Waals surface area (Å²) in [6.45, 7) is 4.15. The Kier molecular flexibility index (Phi) is 6.54. The number of nitrogens with zero attached hydrogens (tertiary/aromatic N) is 1. The molecule has 0 aliphatic heterocycles. The standard InChI is InChI=1S/C18H18ClN3O3/c1-3-25-16-10-8-15(9-11-16)20-17(23)18(24)22-21-12(2)13-4-6-14(19)7-5-13/h4-11H,3H2,1-2H3,(H,20,23)(H,22,24)/b21-12+. The van der Waals surface area contributed by atoms with Crippen molar-refractivity contribution < 1.29 is 14.3 Å². The van der Waals surface area contributed by atoms with E-state index in [2.05, 4.69) is 15.8 Å². The third-order valence-corrected chi connectivity index (χ3v) is 3.47. The van der Waals surface area contributed by atoms with E-state index >= 15 is 0 Å². The Bertz CT molecular complexity index is 771. The molecule has 2 amide bonds.